The molecule has 2 fully saturated rings. The normalized spacial score (nSPS) is 21.9. The van der Waals surface area contributed by atoms with E-state index in [-0.39, 0.29) is 52.8 Å². The Hall–Kier alpha value is -2.62. The van der Waals surface area contributed by atoms with Gasteiger partial charge in [-0.3, -0.25) is 9.59 Å². The first kappa shape index (κ1) is 9.02. The Morgan fingerprint density at radius 1 is 0.875 bits per heavy atom. The average molecular weight is 327 g/mol. The highest BCUT2D eigenvalue weighted by Crippen LogP contribution is 2.37. The van der Waals surface area contributed by atoms with Crippen LogP contribution in [-0.4, -0.2) is 24.9 Å². The van der Waals surface area contributed by atoms with Crippen LogP contribution in [0.5, 0.6) is 0 Å². The molecular formula is C20H20N2O2. The van der Waals surface area contributed by atoms with Crippen molar-refractivity contribution < 1.29 is 19.2 Å². The predicted octanol–water partition coefficient (Wildman–Crippen LogP) is 3.61. The minimum Gasteiger partial charge on any atom is -0.312 e. The first-order valence-electron chi connectivity index (χ1n) is 11.5. The van der Waals surface area contributed by atoms with Crippen molar-refractivity contribution in [2.75, 3.05) is 22.9 Å². The molecule has 2 aromatic carbocycles. The maximum Gasteiger partial charge on any atom is 0.227 e. The molecular weight excluding hydrogens is 300 g/mol. The summed E-state index contributed by atoms with van der Waals surface area (Å²) in [6, 6.07) is -1.76. The Balaban J connectivity index is 2.10. The van der Waals surface area contributed by atoms with Gasteiger partial charge in [-0.15, -0.1) is 0 Å². The van der Waals surface area contributed by atoms with Crippen molar-refractivity contribution in [2.45, 2.75) is 25.7 Å². The first-order chi connectivity index (χ1) is 14.6. The fraction of sp³-hybridized carbons (Fsp3) is 0.300. The van der Waals surface area contributed by atoms with Gasteiger partial charge in [-0.2, -0.15) is 0 Å². The second-order valence-electron chi connectivity index (χ2n) is 5.82. The fourth-order valence-electron chi connectivity index (χ4n) is 3.13. The van der Waals surface area contributed by atoms with E-state index in [1.807, 2.05) is 0 Å². The molecule has 0 aromatic heterocycles. The average Bonchev–Trinajstić information content (AvgIpc) is 3.35. The van der Waals surface area contributed by atoms with Crippen LogP contribution in [0.15, 0.2) is 48.4 Å². The third kappa shape index (κ3) is 2.58. The molecule has 2 aliphatic rings. The number of carbonyl (C=O) groups excluding carboxylic acids is 2. The van der Waals surface area contributed by atoms with E-state index >= 15 is 0 Å². The Bertz CT molecular complexity index is 1110. The third-order valence-corrected chi connectivity index (χ3v) is 4.29. The molecule has 2 saturated heterocycles. The van der Waals surface area contributed by atoms with E-state index in [1.165, 1.54) is 15.9 Å². The van der Waals surface area contributed by atoms with Gasteiger partial charge < -0.3 is 9.80 Å². The van der Waals surface area contributed by atoms with Crippen LogP contribution in [0.4, 0.5) is 11.4 Å². The Labute approximate surface area is 151 Å². The Morgan fingerprint density at radius 3 is 2.17 bits per heavy atom. The van der Waals surface area contributed by atoms with Crippen molar-refractivity contribution in [1.29, 1.82) is 0 Å². The largest absolute Gasteiger partial charge is 0.312 e. The molecule has 0 aliphatic carbocycles. The van der Waals surface area contributed by atoms with Crippen molar-refractivity contribution >= 4 is 23.2 Å². The zero-order valence-electron chi connectivity index (χ0n) is 20.0. The smallest absolute Gasteiger partial charge is 0.227 e. The lowest BCUT2D eigenvalue weighted by molar-refractivity contribution is -0.117. The number of nitrogens with zero attached hydrogens (tertiary/aromatic N) is 2. The minimum absolute atomic E-state index is 0.0430. The molecule has 0 radical (unpaired) electrons. The molecule has 122 valence electrons. The number of benzene rings is 2. The number of hydrogen-bond acceptors (Lipinski definition) is 2. The number of carbonyl (C=O) groups is 2. The molecule has 0 atom stereocenters. The maximum absolute atomic E-state index is 12.5. The summed E-state index contributed by atoms with van der Waals surface area (Å²) in [5, 5.41) is 0. The molecule has 4 nitrogen and oxygen atoms in total. The van der Waals surface area contributed by atoms with E-state index in [0.717, 1.165) is 0 Å². The van der Waals surface area contributed by atoms with Crippen molar-refractivity contribution in [3.05, 3.63) is 48.4 Å². The van der Waals surface area contributed by atoms with Crippen LogP contribution in [0.1, 0.15) is 35.3 Å². The van der Waals surface area contributed by atoms with Gasteiger partial charge in [-0.25, -0.2) is 0 Å². The van der Waals surface area contributed by atoms with Gasteiger partial charge in [0.05, 0.1) is 15.3 Å². The molecule has 0 saturated carbocycles. The molecule has 2 heterocycles. The van der Waals surface area contributed by atoms with Gasteiger partial charge in [0.15, 0.2) is 0 Å². The summed E-state index contributed by atoms with van der Waals surface area (Å²) < 4.78 is 58.1. The van der Waals surface area contributed by atoms with E-state index < -0.39 is 30.2 Å². The SMILES string of the molecule is [2H]c1cc(N2CCCC2=O)c([2H])c(-c2c([2H])c([2H])c([2H])c([2H])c2[2H])c1N1CCCC1=O. The predicted molar refractivity (Wildman–Crippen MR) is 95.1 cm³/mol. The lowest BCUT2D eigenvalue weighted by Crippen LogP contribution is -2.26. The van der Waals surface area contributed by atoms with Gasteiger partial charge in [0.25, 0.3) is 0 Å². The van der Waals surface area contributed by atoms with Crippen LogP contribution in [0.2, 0.25) is 0 Å². The summed E-state index contributed by atoms with van der Waals surface area (Å²) in [6.45, 7) is 0.671. The van der Waals surface area contributed by atoms with Crippen LogP contribution in [0.25, 0.3) is 11.1 Å². The third-order valence-electron chi connectivity index (χ3n) is 4.29. The van der Waals surface area contributed by atoms with Crippen molar-refractivity contribution in [1.82, 2.24) is 0 Å². The van der Waals surface area contributed by atoms with Gasteiger partial charge >= 0.3 is 0 Å². The molecule has 2 aromatic rings. The molecule has 0 bridgehead atoms. The summed E-state index contributed by atoms with van der Waals surface area (Å²) >= 11 is 0. The van der Waals surface area contributed by atoms with Crippen molar-refractivity contribution in [3.8, 4) is 11.1 Å². The highest BCUT2D eigenvalue weighted by atomic mass is 16.2. The molecule has 0 N–H and O–H groups in total. The van der Waals surface area contributed by atoms with E-state index in [9.17, 15) is 9.59 Å². The zero-order chi connectivity index (χ0) is 22.6. The molecule has 2 aliphatic heterocycles. The molecule has 0 unspecified atom stereocenters. The molecule has 4 rings (SSSR count). The van der Waals surface area contributed by atoms with Gasteiger partial charge in [-0.05, 0) is 36.6 Å². The van der Waals surface area contributed by atoms with E-state index in [1.54, 1.807) is 0 Å². The Kier molecular flexibility index (Phi) is 2.30. The van der Waals surface area contributed by atoms with Gasteiger partial charge in [-0.1, -0.05) is 30.2 Å². The van der Waals surface area contributed by atoms with Crippen LogP contribution < -0.4 is 9.80 Å². The summed E-state index contributed by atoms with van der Waals surface area (Å²) in [5.41, 5.74) is -0.145. The van der Waals surface area contributed by atoms with Crippen LogP contribution in [0, 0.1) is 0 Å². The monoisotopic (exact) mass is 327 g/mol. The molecule has 0 spiro atoms. The number of amides is 2. The topological polar surface area (TPSA) is 40.6 Å². The summed E-state index contributed by atoms with van der Waals surface area (Å²) in [6.07, 6.45) is 1.72. The van der Waals surface area contributed by atoms with Gasteiger partial charge in [0, 0.05) is 37.2 Å². The highest BCUT2D eigenvalue weighted by Gasteiger charge is 2.26. The number of rotatable bonds is 3. The van der Waals surface area contributed by atoms with E-state index in [2.05, 4.69) is 0 Å². The summed E-state index contributed by atoms with van der Waals surface area (Å²) in [4.78, 5) is 27.5. The van der Waals surface area contributed by atoms with Crippen LogP contribution in [0.3, 0.4) is 0 Å². The van der Waals surface area contributed by atoms with Crippen LogP contribution >= 0.6 is 0 Å². The molecule has 24 heavy (non-hydrogen) atoms. The molecule has 4 heteroatoms. The van der Waals surface area contributed by atoms with E-state index in [0.29, 0.717) is 32.4 Å². The van der Waals surface area contributed by atoms with Crippen molar-refractivity contribution in [2.24, 2.45) is 0 Å². The lowest BCUT2D eigenvalue weighted by atomic mass is 10.0. The second kappa shape index (κ2) is 6.11. The zero-order valence-corrected chi connectivity index (χ0v) is 13.0. The first-order valence-corrected chi connectivity index (χ1v) is 7.97. The standard InChI is InChI=1S/C20H20N2O2/c23-19-8-4-12-21(19)16-10-11-18(22-13-5-9-20(22)24)17(14-16)15-6-2-1-3-7-15/h1-3,6-7,10-11,14H,4-5,8-9,12-13H2/i1D,2D,3D,6D,7D,11D,14D. The van der Waals surface area contributed by atoms with Gasteiger partial charge in [0.2, 0.25) is 11.8 Å². The quantitative estimate of drug-likeness (QED) is 0.864. The summed E-state index contributed by atoms with van der Waals surface area (Å²) in [5.74, 6) is -0.462. The summed E-state index contributed by atoms with van der Waals surface area (Å²) in [7, 11) is 0. The van der Waals surface area contributed by atoms with Gasteiger partial charge in [0.1, 0.15) is 0 Å². The van der Waals surface area contributed by atoms with Crippen LogP contribution in [-0.2, 0) is 9.59 Å². The highest BCUT2D eigenvalue weighted by molar-refractivity contribution is 6.01. The maximum atomic E-state index is 12.5. The molecule has 2 amide bonds. The van der Waals surface area contributed by atoms with Crippen molar-refractivity contribution in [3.63, 3.8) is 0 Å². The number of anilines is 2. The number of hydrogen-bond donors (Lipinski definition) is 0. The lowest BCUT2D eigenvalue weighted by Gasteiger charge is -2.23. The van der Waals surface area contributed by atoms with E-state index in [4.69, 9.17) is 9.60 Å². The fourth-order valence-corrected chi connectivity index (χ4v) is 3.13. The minimum atomic E-state index is -0.568. The Morgan fingerprint density at radius 2 is 1.54 bits per heavy atom. The second-order valence-corrected chi connectivity index (χ2v) is 5.82.